The van der Waals surface area contributed by atoms with Crippen LogP contribution in [-0.2, 0) is 4.74 Å². The molecule has 0 aromatic carbocycles. The molecule has 1 aliphatic rings. The lowest BCUT2D eigenvalue weighted by atomic mass is 10.1. The first-order chi connectivity index (χ1) is 9.31. The molecule has 0 radical (unpaired) electrons. The number of anilines is 2. The van der Waals surface area contributed by atoms with E-state index < -0.39 is 0 Å². The number of methoxy groups -OCH3 is 1. The molecule has 2 aromatic heterocycles. The van der Waals surface area contributed by atoms with Crippen molar-refractivity contribution in [2.24, 2.45) is 0 Å². The maximum Gasteiger partial charge on any atom is 0.180 e. The highest BCUT2D eigenvalue weighted by molar-refractivity contribution is 5.66. The minimum atomic E-state index is 0.375. The van der Waals surface area contributed by atoms with Gasteiger partial charge in [0.1, 0.15) is 5.82 Å². The molecule has 0 atom stereocenters. The molecule has 0 unspecified atom stereocenters. The van der Waals surface area contributed by atoms with Gasteiger partial charge in [0.15, 0.2) is 11.5 Å². The van der Waals surface area contributed by atoms with Crippen molar-refractivity contribution in [2.45, 2.75) is 18.9 Å². The third-order valence-corrected chi connectivity index (χ3v) is 3.69. The lowest BCUT2D eigenvalue weighted by molar-refractivity contribution is 0.0818. The Morgan fingerprint density at radius 3 is 2.84 bits per heavy atom. The fraction of sp³-hybridized carbons (Fsp3) is 0.538. The highest BCUT2D eigenvalue weighted by Gasteiger charge is 2.22. The van der Waals surface area contributed by atoms with Crippen molar-refractivity contribution >= 4 is 17.3 Å². The fourth-order valence-corrected chi connectivity index (χ4v) is 2.55. The number of fused-ring (bicyclic) bond motifs is 1. The maximum atomic E-state index is 5.41. The number of ether oxygens (including phenoxy) is 1. The van der Waals surface area contributed by atoms with Crippen LogP contribution in [0.15, 0.2) is 18.6 Å². The van der Waals surface area contributed by atoms with Gasteiger partial charge in [-0.05, 0) is 12.8 Å². The Kier molecular flexibility index (Phi) is 3.25. The second-order valence-corrected chi connectivity index (χ2v) is 4.78. The molecule has 3 heterocycles. The number of piperidine rings is 1. The van der Waals surface area contributed by atoms with Crippen molar-refractivity contribution in [3.63, 3.8) is 0 Å². The molecule has 1 aliphatic heterocycles. The van der Waals surface area contributed by atoms with E-state index in [0.717, 1.165) is 43.2 Å². The number of nitrogens with one attached hydrogen (secondary N) is 1. The molecule has 0 spiro atoms. The molecule has 1 N–H and O–H groups in total. The Hall–Kier alpha value is -1.82. The predicted molar refractivity (Wildman–Crippen MR) is 74.8 cm³/mol. The molecule has 0 aliphatic carbocycles. The highest BCUT2D eigenvalue weighted by Crippen LogP contribution is 2.24. The number of nitrogens with zero attached hydrogens (tertiary/aromatic N) is 4. The summed E-state index contributed by atoms with van der Waals surface area (Å²) in [5, 5.41) is 3.10. The van der Waals surface area contributed by atoms with Crippen LogP contribution in [0.1, 0.15) is 12.8 Å². The first kappa shape index (κ1) is 12.2. The summed E-state index contributed by atoms with van der Waals surface area (Å²) in [5.41, 5.74) is 0.912. The molecule has 6 heteroatoms. The molecule has 2 aromatic rings. The second-order valence-electron chi connectivity index (χ2n) is 4.78. The predicted octanol–water partition coefficient (Wildman–Crippen LogP) is 1.39. The Balaban J connectivity index is 1.93. The van der Waals surface area contributed by atoms with Crippen molar-refractivity contribution in [3.05, 3.63) is 18.6 Å². The first-order valence-electron chi connectivity index (χ1n) is 6.61. The molecule has 3 rings (SSSR count). The largest absolute Gasteiger partial charge is 0.381 e. The minimum absolute atomic E-state index is 0.375. The topological polar surface area (TPSA) is 54.7 Å². The van der Waals surface area contributed by atoms with Gasteiger partial charge in [-0.3, -0.25) is 0 Å². The van der Waals surface area contributed by atoms with Crippen LogP contribution in [0.5, 0.6) is 0 Å². The van der Waals surface area contributed by atoms with Gasteiger partial charge in [0.25, 0.3) is 0 Å². The van der Waals surface area contributed by atoms with E-state index in [1.807, 2.05) is 30.0 Å². The van der Waals surface area contributed by atoms with E-state index in [1.165, 1.54) is 0 Å². The van der Waals surface area contributed by atoms with E-state index in [2.05, 4.69) is 20.2 Å². The minimum Gasteiger partial charge on any atom is -0.381 e. The number of rotatable bonds is 3. The van der Waals surface area contributed by atoms with Crippen LogP contribution in [0.3, 0.4) is 0 Å². The third kappa shape index (κ3) is 2.23. The third-order valence-electron chi connectivity index (χ3n) is 3.69. The van der Waals surface area contributed by atoms with Crippen LogP contribution < -0.4 is 10.2 Å². The van der Waals surface area contributed by atoms with E-state index in [0.29, 0.717) is 6.10 Å². The quantitative estimate of drug-likeness (QED) is 0.904. The molecular formula is C13H19N5O. The molecule has 6 nitrogen and oxygen atoms in total. The van der Waals surface area contributed by atoms with Gasteiger partial charge in [-0.25, -0.2) is 9.97 Å². The van der Waals surface area contributed by atoms with Crippen LogP contribution in [0.25, 0.3) is 5.65 Å². The standard InChI is InChI=1S/C13H19N5O/c1-14-11-9-18-8-5-15-12(18)13(16-11)17-6-3-10(19-2)4-7-17/h5,8-10,14H,3-4,6-7H2,1-2H3. The summed E-state index contributed by atoms with van der Waals surface area (Å²) in [7, 11) is 3.67. The van der Waals surface area contributed by atoms with Crippen LogP contribution in [0.2, 0.25) is 0 Å². The molecule has 102 valence electrons. The van der Waals surface area contributed by atoms with E-state index in [9.17, 15) is 0 Å². The van der Waals surface area contributed by atoms with Gasteiger partial charge in [-0.1, -0.05) is 0 Å². The van der Waals surface area contributed by atoms with Gasteiger partial charge >= 0.3 is 0 Å². The van der Waals surface area contributed by atoms with Crippen LogP contribution >= 0.6 is 0 Å². The molecule has 0 amide bonds. The normalized spacial score (nSPS) is 17.1. The monoisotopic (exact) mass is 261 g/mol. The van der Waals surface area contributed by atoms with E-state index >= 15 is 0 Å². The molecular weight excluding hydrogens is 242 g/mol. The van der Waals surface area contributed by atoms with E-state index in [1.54, 1.807) is 7.11 Å². The summed E-state index contributed by atoms with van der Waals surface area (Å²) < 4.78 is 7.42. The Bertz CT molecular complexity index is 559. The first-order valence-corrected chi connectivity index (χ1v) is 6.61. The van der Waals surface area contributed by atoms with Gasteiger partial charge in [0.2, 0.25) is 0 Å². The van der Waals surface area contributed by atoms with Crippen molar-refractivity contribution in [3.8, 4) is 0 Å². The van der Waals surface area contributed by atoms with Crippen molar-refractivity contribution in [1.82, 2.24) is 14.4 Å². The molecule has 0 bridgehead atoms. The molecule has 1 saturated heterocycles. The summed E-state index contributed by atoms with van der Waals surface area (Å²) >= 11 is 0. The summed E-state index contributed by atoms with van der Waals surface area (Å²) in [6.45, 7) is 1.92. The Labute approximate surface area is 112 Å². The van der Waals surface area contributed by atoms with Gasteiger partial charge in [-0.15, -0.1) is 0 Å². The zero-order chi connectivity index (χ0) is 13.2. The SMILES string of the molecule is CNc1cn2ccnc2c(N2CCC(OC)CC2)n1. The fourth-order valence-electron chi connectivity index (χ4n) is 2.55. The van der Waals surface area contributed by atoms with Crippen molar-refractivity contribution in [2.75, 3.05) is 37.5 Å². The van der Waals surface area contributed by atoms with E-state index in [4.69, 9.17) is 4.74 Å². The molecule has 1 fully saturated rings. The zero-order valence-electron chi connectivity index (χ0n) is 11.3. The van der Waals surface area contributed by atoms with Crippen LogP contribution in [0, 0.1) is 0 Å². The number of hydrogen-bond acceptors (Lipinski definition) is 5. The summed E-state index contributed by atoms with van der Waals surface area (Å²) in [6.07, 6.45) is 8.15. The highest BCUT2D eigenvalue weighted by atomic mass is 16.5. The smallest absolute Gasteiger partial charge is 0.180 e. The molecule has 19 heavy (non-hydrogen) atoms. The number of hydrogen-bond donors (Lipinski definition) is 1. The van der Waals surface area contributed by atoms with Crippen LogP contribution in [-0.4, -0.2) is 47.7 Å². The van der Waals surface area contributed by atoms with Gasteiger partial charge in [-0.2, -0.15) is 0 Å². The lowest BCUT2D eigenvalue weighted by Crippen LogP contribution is -2.37. The average Bonchev–Trinajstić information content (AvgIpc) is 2.94. The maximum absolute atomic E-state index is 5.41. The summed E-state index contributed by atoms with van der Waals surface area (Å²) in [4.78, 5) is 11.4. The Morgan fingerprint density at radius 2 is 2.16 bits per heavy atom. The zero-order valence-corrected chi connectivity index (χ0v) is 11.3. The summed E-state index contributed by atoms with van der Waals surface area (Å²) in [5.74, 6) is 1.81. The van der Waals surface area contributed by atoms with Gasteiger partial charge < -0.3 is 19.4 Å². The van der Waals surface area contributed by atoms with Gasteiger partial charge in [0, 0.05) is 39.6 Å². The summed E-state index contributed by atoms with van der Waals surface area (Å²) in [6, 6.07) is 0. The van der Waals surface area contributed by atoms with Gasteiger partial charge in [0.05, 0.1) is 12.3 Å². The lowest BCUT2D eigenvalue weighted by Gasteiger charge is -2.32. The van der Waals surface area contributed by atoms with E-state index in [-0.39, 0.29) is 0 Å². The number of aromatic nitrogens is 3. The Morgan fingerprint density at radius 1 is 1.37 bits per heavy atom. The van der Waals surface area contributed by atoms with Crippen molar-refractivity contribution in [1.29, 1.82) is 0 Å². The second kappa shape index (κ2) is 5.05. The van der Waals surface area contributed by atoms with Crippen molar-refractivity contribution < 1.29 is 4.74 Å². The molecule has 0 saturated carbocycles. The number of imidazole rings is 1. The van der Waals surface area contributed by atoms with Crippen LogP contribution in [0.4, 0.5) is 11.6 Å². The average molecular weight is 261 g/mol.